The number of rotatable bonds is 4. The van der Waals surface area contributed by atoms with Gasteiger partial charge in [0, 0.05) is 0 Å². The molecule has 4 rings (SSSR count). The van der Waals surface area contributed by atoms with Crippen molar-refractivity contribution in [1.29, 1.82) is 0 Å². The van der Waals surface area contributed by atoms with E-state index in [0.717, 1.165) is 0 Å². The van der Waals surface area contributed by atoms with Gasteiger partial charge in [-0.25, -0.2) is 0 Å². The van der Waals surface area contributed by atoms with E-state index in [0.29, 0.717) is 0 Å². The van der Waals surface area contributed by atoms with Gasteiger partial charge in [0.1, 0.15) is 0 Å². The molecule has 0 nitrogen and oxygen atoms in total. The standard InChI is InChI=1S/C28H20Si2/c1-5-15-25(16-6-1)29(26-17-7-2-8-18-26)23-13-14-24-30(27-19-9-3-10-20-27)28-21-11-4-12-22-28/h1-12,15-22H. The topological polar surface area (TPSA) is 0 Å². The second kappa shape index (κ2) is 10.3. The number of benzene rings is 4. The fourth-order valence-corrected chi connectivity index (χ4v) is 6.95. The fraction of sp³-hybridized carbons (Fsp3) is 0. The Hall–Kier alpha value is -3.57. The van der Waals surface area contributed by atoms with Crippen LogP contribution in [0, 0.1) is 22.9 Å². The Bertz CT molecular complexity index is 1000. The summed E-state index contributed by atoms with van der Waals surface area (Å²) in [6.45, 7) is 0. The van der Waals surface area contributed by atoms with E-state index in [-0.39, 0.29) is 0 Å². The Balaban J connectivity index is 1.67. The molecule has 4 aromatic rings. The lowest BCUT2D eigenvalue weighted by atomic mass is 10.4. The van der Waals surface area contributed by atoms with Gasteiger partial charge < -0.3 is 0 Å². The van der Waals surface area contributed by atoms with E-state index in [4.69, 9.17) is 0 Å². The molecule has 2 heteroatoms. The molecule has 0 heterocycles. The predicted octanol–water partition coefficient (Wildman–Crippen LogP) is 2.69. The van der Waals surface area contributed by atoms with Crippen LogP contribution >= 0.6 is 0 Å². The van der Waals surface area contributed by atoms with Crippen LogP contribution in [0.4, 0.5) is 0 Å². The summed E-state index contributed by atoms with van der Waals surface area (Å²) in [5, 5.41) is 5.17. The van der Waals surface area contributed by atoms with Gasteiger partial charge >= 0.3 is 0 Å². The second-order valence-corrected chi connectivity index (χ2v) is 11.0. The van der Waals surface area contributed by atoms with Gasteiger partial charge in [-0.1, -0.05) is 121 Å². The van der Waals surface area contributed by atoms with Gasteiger partial charge in [-0.05, 0) is 32.6 Å². The summed E-state index contributed by atoms with van der Waals surface area (Å²) >= 11 is 0. The van der Waals surface area contributed by atoms with Crippen LogP contribution in [-0.4, -0.2) is 17.6 Å². The Morgan fingerprint density at radius 3 is 0.800 bits per heavy atom. The van der Waals surface area contributed by atoms with Gasteiger partial charge in [-0.2, -0.15) is 0 Å². The van der Waals surface area contributed by atoms with E-state index in [1.54, 1.807) is 0 Å². The van der Waals surface area contributed by atoms with E-state index in [9.17, 15) is 0 Å². The van der Waals surface area contributed by atoms with Gasteiger partial charge in [0.15, 0.2) is 0 Å². The fourth-order valence-electron chi connectivity index (χ4n) is 3.23. The summed E-state index contributed by atoms with van der Waals surface area (Å²) < 4.78 is 0. The van der Waals surface area contributed by atoms with Crippen molar-refractivity contribution < 1.29 is 0 Å². The lowest BCUT2D eigenvalue weighted by molar-refractivity contribution is 1.74. The molecule has 4 aromatic carbocycles. The minimum atomic E-state index is -1.18. The Morgan fingerprint density at radius 1 is 0.333 bits per heavy atom. The maximum Gasteiger partial charge on any atom is 0.214 e. The van der Waals surface area contributed by atoms with Crippen LogP contribution in [0.25, 0.3) is 0 Å². The lowest BCUT2D eigenvalue weighted by Crippen LogP contribution is -2.41. The van der Waals surface area contributed by atoms with Crippen LogP contribution in [-0.2, 0) is 0 Å². The molecule has 0 spiro atoms. The predicted molar refractivity (Wildman–Crippen MR) is 131 cm³/mol. The summed E-state index contributed by atoms with van der Waals surface area (Å²) in [6.07, 6.45) is 0. The highest BCUT2D eigenvalue weighted by atomic mass is 28.3. The lowest BCUT2D eigenvalue weighted by Gasteiger charge is -2.09. The molecule has 0 aliphatic carbocycles. The summed E-state index contributed by atoms with van der Waals surface area (Å²) in [5.74, 6) is 6.42. The maximum atomic E-state index is 3.51. The van der Waals surface area contributed by atoms with E-state index in [1.165, 1.54) is 20.7 Å². The summed E-state index contributed by atoms with van der Waals surface area (Å²) in [7, 11) is -2.36. The third-order valence-electron chi connectivity index (χ3n) is 4.69. The molecule has 0 saturated heterocycles. The number of hydrogen-bond donors (Lipinski definition) is 0. The molecule has 0 bridgehead atoms. The van der Waals surface area contributed by atoms with Crippen LogP contribution in [0.2, 0.25) is 0 Å². The molecule has 0 saturated carbocycles. The van der Waals surface area contributed by atoms with Crippen LogP contribution in [0.3, 0.4) is 0 Å². The molecular weight excluding hydrogens is 392 g/mol. The highest BCUT2D eigenvalue weighted by Crippen LogP contribution is 1.93. The van der Waals surface area contributed by atoms with E-state index >= 15 is 0 Å². The molecule has 0 aliphatic rings. The first-order valence-electron chi connectivity index (χ1n) is 9.89. The third-order valence-corrected chi connectivity index (χ3v) is 9.08. The molecular formula is C28H20Si2. The highest BCUT2D eigenvalue weighted by Gasteiger charge is 2.15. The summed E-state index contributed by atoms with van der Waals surface area (Å²) in [5.41, 5.74) is 7.01. The van der Waals surface area contributed by atoms with Gasteiger partial charge in [-0.3, -0.25) is 0 Å². The van der Waals surface area contributed by atoms with Crippen molar-refractivity contribution >= 4 is 38.3 Å². The molecule has 0 amide bonds. The third kappa shape index (κ3) is 5.07. The van der Waals surface area contributed by atoms with Crippen molar-refractivity contribution in [3.8, 4) is 22.9 Å². The Labute approximate surface area is 182 Å². The van der Waals surface area contributed by atoms with Crippen molar-refractivity contribution in [3.63, 3.8) is 0 Å². The minimum Gasteiger partial charge on any atom is -0.107 e. The molecule has 0 fully saturated rings. The van der Waals surface area contributed by atoms with E-state index in [2.05, 4.69) is 144 Å². The van der Waals surface area contributed by atoms with Crippen LogP contribution in [0.15, 0.2) is 121 Å². The Morgan fingerprint density at radius 2 is 0.567 bits per heavy atom. The zero-order chi connectivity index (χ0) is 20.4. The SMILES string of the molecule is C(C#C[Si](c1ccccc1)c1ccccc1)#C[Si](c1ccccc1)c1ccccc1. The van der Waals surface area contributed by atoms with Crippen molar-refractivity contribution in [2.24, 2.45) is 0 Å². The largest absolute Gasteiger partial charge is 0.214 e. The molecule has 30 heavy (non-hydrogen) atoms. The average molecular weight is 413 g/mol. The zero-order valence-corrected chi connectivity index (χ0v) is 18.5. The van der Waals surface area contributed by atoms with Crippen LogP contribution < -0.4 is 20.7 Å². The summed E-state index contributed by atoms with van der Waals surface area (Å²) in [4.78, 5) is 0. The first-order chi connectivity index (χ1) is 14.9. The smallest absolute Gasteiger partial charge is 0.107 e. The molecule has 0 unspecified atom stereocenters. The zero-order valence-electron chi connectivity index (χ0n) is 16.5. The molecule has 2 radical (unpaired) electrons. The second-order valence-electron chi connectivity index (χ2n) is 6.71. The number of hydrogen-bond acceptors (Lipinski definition) is 0. The van der Waals surface area contributed by atoms with Crippen LogP contribution in [0.1, 0.15) is 0 Å². The highest BCUT2D eigenvalue weighted by molar-refractivity contribution is 6.92. The summed E-state index contributed by atoms with van der Waals surface area (Å²) in [6, 6.07) is 42.3. The molecule has 0 N–H and O–H groups in total. The van der Waals surface area contributed by atoms with Crippen molar-refractivity contribution in [1.82, 2.24) is 0 Å². The molecule has 0 atom stereocenters. The maximum absolute atomic E-state index is 3.51. The molecule has 0 aromatic heterocycles. The normalized spacial score (nSPS) is 10.1. The van der Waals surface area contributed by atoms with Gasteiger partial charge in [0.05, 0.1) is 0 Å². The van der Waals surface area contributed by atoms with Crippen molar-refractivity contribution in [3.05, 3.63) is 121 Å². The van der Waals surface area contributed by atoms with Crippen LogP contribution in [0.5, 0.6) is 0 Å². The Kier molecular flexibility index (Phi) is 6.76. The minimum absolute atomic E-state index is 1.18. The first kappa shape index (κ1) is 19.7. The average Bonchev–Trinajstić information content (AvgIpc) is 2.84. The quantitative estimate of drug-likeness (QED) is 0.357. The van der Waals surface area contributed by atoms with Crippen molar-refractivity contribution in [2.75, 3.05) is 0 Å². The first-order valence-corrected chi connectivity index (χ1v) is 12.9. The van der Waals surface area contributed by atoms with Crippen molar-refractivity contribution in [2.45, 2.75) is 0 Å². The van der Waals surface area contributed by atoms with E-state index < -0.39 is 17.6 Å². The van der Waals surface area contributed by atoms with E-state index in [1.807, 2.05) is 0 Å². The van der Waals surface area contributed by atoms with Gasteiger partial charge in [0.2, 0.25) is 17.6 Å². The molecule has 140 valence electrons. The molecule has 0 aliphatic heterocycles. The monoisotopic (exact) mass is 412 g/mol. The van der Waals surface area contributed by atoms with Gasteiger partial charge in [-0.15, -0.1) is 11.1 Å². The van der Waals surface area contributed by atoms with Gasteiger partial charge in [0.25, 0.3) is 0 Å².